The first-order valence-corrected chi connectivity index (χ1v) is 11.2. The van der Waals surface area contributed by atoms with Crippen LogP contribution in [0, 0.1) is 5.92 Å². The molecule has 8 heteroatoms. The number of rotatable bonds is 7. The summed E-state index contributed by atoms with van der Waals surface area (Å²) in [5.74, 6) is 0.345. The Balaban J connectivity index is 1.27. The fourth-order valence-electron chi connectivity index (χ4n) is 4.11. The lowest BCUT2D eigenvalue weighted by Crippen LogP contribution is -2.38. The summed E-state index contributed by atoms with van der Waals surface area (Å²) in [4.78, 5) is 29.5. The smallest absolute Gasteiger partial charge is 0.249 e. The monoisotopic (exact) mass is 450 g/mol. The van der Waals surface area contributed by atoms with E-state index in [1.807, 2.05) is 48.5 Å². The number of aromatic nitrogens is 2. The minimum atomic E-state index is -0.349. The van der Waals surface area contributed by atoms with Gasteiger partial charge in [0, 0.05) is 25.6 Å². The van der Waals surface area contributed by atoms with Crippen LogP contribution in [0.2, 0.25) is 5.02 Å². The Bertz CT molecular complexity index is 1130. The largest absolute Gasteiger partial charge is 0.419 e. The van der Waals surface area contributed by atoms with Gasteiger partial charge in [-0.15, -0.1) is 10.2 Å². The molecule has 0 spiro atoms. The molecule has 0 bridgehead atoms. The summed E-state index contributed by atoms with van der Waals surface area (Å²) in [7, 11) is 0. The second-order valence-corrected chi connectivity index (χ2v) is 8.75. The zero-order valence-electron chi connectivity index (χ0n) is 17.5. The Kier molecular flexibility index (Phi) is 5.66. The topological polar surface area (TPSA) is 79.5 Å². The average Bonchev–Trinajstić information content (AvgIpc) is 3.43. The van der Waals surface area contributed by atoms with Crippen LogP contribution >= 0.6 is 11.6 Å². The molecule has 2 aromatic carbocycles. The van der Waals surface area contributed by atoms with Crippen molar-refractivity contribution in [2.24, 2.45) is 5.92 Å². The fraction of sp³-hybridized carbons (Fsp3) is 0.333. The predicted octanol–water partition coefficient (Wildman–Crippen LogP) is 3.93. The van der Waals surface area contributed by atoms with Crippen LogP contribution < -0.4 is 0 Å². The van der Waals surface area contributed by atoms with Crippen molar-refractivity contribution in [2.75, 3.05) is 6.54 Å². The highest BCUT2D eigenvalue weighted by Gasteiger charge is 2.41. The number of benzene rings is 2. The van der Waals surface area contributed by atoms with Crippen molar-refractivity contribution in [2.45, 2.75) is 38.4 Å². The third-order valence-electron chi connectivity index (χ3n) is 5.93. The van der Waals surface area contributed by atoms with Crippen molar-refractivity contribution in [3.8, 4) is 11.5 Å². The zero-order valence-corrected chi connectivity index (χ0v) is 18.2. The van der Waals surface area contributed by atoms with Crippen LogP contribution in [0.4, 0.5) is 0 Å². The van der Waals surface area contributed by atoms with Gasteiger partial charge in [0.05, 0.1) is 23.0 Å². The van der Waals surface area contributed by atoms with Crippen molar-refractivity contribution in [3.63, 3.8) is 0 Å². The van der Waals surface area contributed by atoms with Crippen LogP contribution in [0.1, 0.15) is 30.7 Å². The molecule has 2 amide bonds. The van der Waals surface area contributed by atoms with Crippen molar-refractivity contribution in [1.29, 1.82) is 0 Å². The zero-order chi connectivity index (χ0) is 22.1. The van der Waals surface area contributed by atoms with Gasteiger partial charge in [0.25, 0.3) is 0 Å². The number of halogens is 1. The summed E-state index contributed by atoms with van der Waals surface area (Å²) in [6, 6.07) is 17.3. The first kappa shape index (κ1) is 20.7. The van der Waals surface area contributed by atoms with E-state index >= 15 is 0 Å². The SMILES string of the molecule is O=C1CC(C(=O)N(Cc2nnc(-c3ccccc3Cl)o2)C2CC2)CN1Cc1ccccc1. The van der Waals surface area contributed by atoms with Gasteiger partial charge >= 0.3 is 0 Å². The molecule has 1 saturated heterocycles. The van der Waals surface area contributed by atoms with Crippen molar-refractivity contribution >= 4 is 23.4 Å². The molecule has 32 heavy (non-hydrogen) atoms. The number of carbonyl (C=O) groups is 2. The molecular weight excluding hydrogens is 428 g/mol. The van der Waals surface area contributed by atoms with Gasteiger partial charge in [0.15, 0.2) is 0 Å². The number of carbonyl (C=O) groups excluding carboxylic acids is 2. The van der Waals surface area contributed by atoms with E-state index in [-0.39, 0.29) is 36.7 Å². The van der Waals surface area contributed by atoms with Crippen molar-refractivity contribution in [1.82, 2.24) is 20.0 Å². The molecular formula is C24H23ClN4O3. The van der Waals surface area contributed by atoms with E-state index in [0.29, 0.717) is 35.5 Å². The molecule has 3 aromatic rings. The molecule has 2 fully saturated rings. The van der Waals surface area contributed by atoms with E-state index in [2.05, 4.69) is 10.2 Å². The molecule has 2 heterocycles. The Hall–Kier alpha value is -3.19. The molecule has 1 aromatic heterocycles. The van der Waals surface area contributed by atoms with Gasteiger partial charge in [-0.2, -0.15) is 0 Å². The molecule has 1 aliphatic carbocycles. The first-order valence-electron chi connectivity index (χ1n) is 10.8. The van der Waals surface area contributed by atoms with Gasteiger partial charge in [0.1, 0.15) is 0 Å². The highest BCUT2D eigenvalue weighted by Crippen LogP contribution is 2.33. The number of amides is 2. The van der Waals surface area contributed by atoms with Gasteiger partial charge in [-0.05, 0) is 30.5 Å². The average molecular weight is 451 g/mol. The van der Waals surface area contributed by atoms with E-state index in [1.165, 1.54) is 0 Å². The Morgan fingerprint density at radius 3 is 2.59 bits per heavy atom. The molecule has 5 rings (SSSR count). The van der Waals surface area contributed by atoms with Crippen LogP contribution in [0.3, 0.4) is 0 Å². The van der Waals surface area contributed by atoms with Crippen molar-refractivity contribution in [3.05, 3.63) is 71.1 Å². The number of hydrogen-bond donors (Lipinski definition) is 0. The lowest BCUT2D eigenvalue weighted by molar-refractivity contribution is -0.137. The molecule has 164 valence electrons. The molecule has 7 nitrogen and oxygen atoms in total. The van der Waals surface area contributed by atoms with E-state index in [4.69, 9.17) is 16.0 Å². The fourth-order valence-corrected chi connectivity index (χ4v) is 4.33. The minimum Gasteiger partial charge on any atom is -0.419 e. The maximum atomic E-state index is 13.3. The summed E-state index contributed by atoms with van der Waals surface area (Å²) >= 11 is 6.23. The lowest BCUT2D eigenvalue weighted by atomic mass is 10.1. The standard InChI is InChI=1S/C24H23ClN4O3/c25-20-9-5-4-8-19(20)23-27-26-21(32-23)15-29(18-10-11-18)24(31)17-12-22(30)28(14-17)13-16-6-2-1-3-7-16/h1-9,17-18H,10-15H2. The highest BCUT2D eigenvalue weighted by molar-refractivity contribution is 6.33. The van der Waals surface area contributed by atoms with Crippen LogP contribution in [-0.4, -0.2) is 44.4 Å². The Morgan fingerprint density at radius 2 is 1.84 bits per heavy atom. The third kappa shape index (κ3) is 4.39. The van der Waals surface area contributed by atoms with Crippen LogP contribution in [0.25, 0.3) is 11.5 Å². The van der Waals surface area contributed by atoms with Crippen LogP contribution in [0.5, 0.6) is 0 Å². The number of hydrogen-bond acceptors (Lipinski definition) is 5. The van der Waals surface area contributed by atoms with Crippen LogP contribution in [0.15, 0.2) is 59.0 Å². The van der Waals surface area contributed by atoms with Gasteiger partial charge < -0.3 is 14.2 Å². The van der Waals surface area contributed by atoms with Gasteiger partial charge in [-0.3, -0.25) is 9.59 Å². The Morgan fingerprint density at radius 1 is 1.09 bits per heavy atom. The summed E-state index contributed by atoms with van der Waals surface area (Å²) in [5, 5.41) is 8.77. The van der Waals surface area contributed by atoms with Gasteiger partial charge in [0.2, 0.25) is 23.6 Å². The quantitative estimate of drug-likeness (QED) is 0.545. The molecule has 0 N–H and O–H groups in total. The van der Waals surface area contributed by atoms with Gasteiger partial charge in [-0.1, -0.05) is 54.1 Å². The van der Waals surface area contributed by atoms with Crippen LogP contribution in [-0.2, 0) is 22.7 Å². The summed E-state index contributed by atoms with van der Waals surface area (Å²) in [6.45, 7) is 1.20. The molecule has 0 radical (unpaired) electrons. The second kappa shape index (κ2) is 8.74. The maximum Gasteiger partial charge on any atom is 0.249 e. The number of nitrogens with zero attached hydrogens (tertiary/aromatic N) is 4. The van der Waals surface area contributed by atoms with E-state index in [0.717, 1.165) is 18.4 Å². The van der Waals surface area contributed by atoms with Gasteiger partial charge in [-0.25, -0.2) is 0 Å². The molecule has 1 aliphatic heterocycles. The first-order chi connectivity index (χ1) is 15.6. The molecule has 2 aliphatic rings. The highest BCUT2D eigenvalue weighted by atomic mass is 35.5. The molecule has 1 unspecified atom stereocenters. The van der Waals surface area contributed by atoms with E-state index in [1.54, 1.807) is 15.9 Å². The van der Waals surface area contributed by atoms with E-state index in [9.17, 15) is 9.59 Å². The summed E-state index contributed by atoms with van der Waals surface area (Å²) in [5.41, 5.74) is 1.72. The van der Waals surface area contributed by atoms with E-state index < -0.39 is 0 Å². The predicted molar refractivity (Wildman–Crippen MR) is 118 cm³/mol. The minimum absolute atomic E-state index is 0.0155. The third-order valence-corrected chi connectivity index (χ3v) is 6.26. The lowest BCUT2D eigenvalue weighted by Gasteiger charge is -2.24. The molecule has 1 atom stereocenters. The van der Waals surface area contributed by atoms with Crippen molar-refractivity contribution < 1.29 is 14.0 Å². The second-order valence-electron chi connectivity index (χ2n) is 8.34. The maximum absolute atomic E-state index is 13.3. The summed E-state index contributed by atoms with van der Waals surface area (Å²) in [6.07, 6.45) is 2.14. The summed E-state index contributed by atoms with van der Waals surface area (Å²) < 4.78 is 5.82. The molecule has 1 saturated carbocycles. The number of likely N-dealkylation sites (tertiary alicyclic amines) is 1. The Labute approximate surface area is 191 Å². The normalized spacial score (nSPS) is 18.2.